The molecule has 0 unspecified atom stereocenters. The van der Waals surface area contributed by atoms with Gasteiger partial charge in [0, 0.05) is 43.2 Å². The van der Waals surface area contributed by atoms with Gasteiger partial charge in [0.15, 0.2) is 0 Å². The van der Waals surface area contributed by atoms with E-state index >= 15 is 0 Å². The van der Waals surface area contributed by atoms with Crippen LogP contribution in [0.5, 0.6) is 0 Å². The van der Waals surface area contributed by atoms with Crippen molar-refractivity contribution >= 4 is 78.0 Å². The predicted octanol–water partition coefficient (Wildman–Crippen LogP) is 16.2. The summed E-state index contributed by atoms with van der Waals surface area (Å²) in [6.07, 6.45) is 2.38. The second-order valence-corrected chi connectivity index (χ2v) is 26.5. The molecule has 0 saturated carbocycles. The van der Waals surface area contributed by atoms with Crippen molar-refractivity contribution in [2.24, 2.45) is 0 Å². The highest BCUT2D eigenvalue weighted by atomic mass is 32.1. The lowest BCUT2D eigenvalue weighted by Crippen LogP contribution is -2.60. The van der Waals surface area contributed by atoms with Crippen molar-refractivity contribution in [3.05, 3.63) is 149 Å². The molecule has 0 spiro atoms. The summed E-state index contributed by atoms with van der Waals surface area (Å²) in [7, 11) is 0. The summed E-state index contributed by atoms with van der Waals surface area (Å²) in [5.74, 6) is 0. The van der Waals surface area contributed by atoms with Crippen molar-refractivity contribution in [3.8, 4) is 11.1 Å². The summed E-state index contributed by atoms with van der Waals surface area (Å²) < 4.78 is 2.78. The Morgan fingerprint density at radius 1 is 0.485 bits per heavy atom. The van der Waals surface area contributed by atoms with Crippen LogP contribution >= 0.6 is 11.3 Å². The molecule has 0 amide bonds. The van der Waals surface area contributed by atoms with Crippen molar-refractivity contribution in [1.82, 2.24) is 0 Å². The number of anilines is 6. The minimum atomic E-state index is -0.0248. The van der Waals surface area contributed by atoms with Crippen molar-refractivity contribution in [1.29, 1.82) is 0 Å². The van der Waals surface area contributed by atoms with Crippen molar-refractivity contribution in [2.75, 3.05) is 9.80 Å². The molecule has 3 heterocycles. The van der Waals surface area contributed by atoms with Gasteiger partial charge in [0.1, 0.15) is 0 Å². The Labute approximate surface area is 401 Å². The van der Waals surface area contributed by atoms with E-state index < -0.39 is 0 Å². The molecule has 6 aromatic carbocycles. The van der Waals surface area contributed by atoms with E-state index in [2.05, 4.69) is 236 Å². The highest BCUT2D eigenvalue weighted by Gasteiger charge is 2.47. The molecule has 7 aromatic rings. The average Bonchev–Trinajstić information content (AvgIpc) is 3.62. The van der Waals surface area contributed by atoms with Crippen LogP contribution in [0.2, 0.25) is 0 Å². The van der Waals surface area contributed by atoms with Gasteiger partial charge >= 0.3 is 0 Å². The number of thiophene rings is 1. The SMILES string of the molecule is CC(C)(C)c1ccc(-c2cc(C(C)(C)C)ccc2N2c3ccc(C(C)(C)C)cc3B3c4sc5ccc(C(C)(C)C)cc5c4N(c4ccc5c(c4)C(C)(C)CCC5(C)C)c4cccc2c43)cc1. The van der Waals surface area contributed by atoms with Crippen LogP contribution in [-0.4, -0.2) is 6.71 Å². The third-order valence-electron chi connectivity index (χ3n) is 15.6. The third kappa shape index (κ3) is 7.19. The summed E-state index contributed by atoms with van der Waals surface area (Å²) in [6, 6.07) is 46.1. The van der Waals surface area contributed by atoms with E-state index in [1.807, 2.05) is 11.3 Å². The molecular weight excluding hydrogens is 816 g/mol. The van der Waals surface area contributed by atoms with Gasteiger partial charge in [-0.1, -0.05) is 171 Å². The van der Waals surface area contributed by atoms with E-state index in [1.165, 1.54) is 117 Å². The maximum Gasteiger partial charge on any atom is 0.264 e. The standard InChI is InChI=1S/C62H71BN2S/c1-57(2,3)39-22-20-38(21-23-39)44-34-40(58(4,5)6)24-29-49(44)65-50-30-25-42(60(10,11)12)36-48(50)63-54-51(18-17-19-52(54)65)64(43-27-28-46-47(37-43)62(15,16)33-32-61(46,13)14)55-45-35-41(59(7,8)9)26-31-53(45)66-56(55)63/h17-31,34-37H,32-33H2,1-16H3. The molecule has 2 nitrogen and oxygen atoms in total. The zero-order chi connectivity index (χ0) is 47.3. The lowest BCUT2D eigenvalue weighted by atomic mass is 9.36. The fourth-order valence-electron chi connectivity index (χ4n) is 11.2. The Hall–Kier alpha value is -5.06. The van der Waals surface area contributed by atoms with Crippen LogP contribution in [0.1, 0.15) is 157 Å². The first-order valence-electron chi connectivity index (χ1n) is 24.6. The number of fused-ring (bicyclic) bond motifs is 7. The molecule has 3 aliphatic rings. The van der Waals surface area contributed by atoms with Crippen LogP contribution in [0.3, 0.4) is 0 Å². The van der Waals surface area contributed by atoms with E-state index in [1.54, 1.807) is 0 Å². The first kappa shape index (κ1) is 44.8. The zero-order valence-electron chi connectivity index (χ0n) is 42.8. The van der Waals surface area contributed by atoms with Gasteiger partial charge in [-0.05, 0) is 150 Å². The van der Waals surface area contributed by atoms with E-state index in [4.69, 9.17) is 0 Å². The molecule has 0 bridgehead atoms. The number of nitrogens with zero attached hydrogens (tertiary/aromatic N) is 2. The van der Waals surface area contributed by atoms with E-state index in [0.29, 0.717) is 0 Å². The topological polar surface area (TPSA) is 6.48 Å². The van der Waals surface area contributed by atoms with Gasteiger partial charge in [-0.25, -0.2) is 0 Å². The Balaban J connectivity index is 1.30. The monoisotopic (exact) mass is 887 g/mol. The van der Waals surface area contributed by atoms with E-state index in [9.17, 15) is 0 Å². The fraction of sp³-hybridized carbons (Fsp3) is 0.387. The minimum Gasteiger partial charge on any atom is -0.311 e. The Kier molecular flexibility index (Phi) is 9.98. The molecule has 0 saturated heterocycles. The zero-order valence-corrected chi connectivity index (χ0v) is 43.6. The van der Waals surface area contributed by atoms with Crippen molar-refractivity contribution in [3.63, 3.8) is 0 Å². The molecule has 4 heteroatoms. The number of rotatable bonds is 3. The summed E-state index contributed by atoms with van der Waals surface area (Å²) in [6.45, 7) is 37.9. The summed E-state index contributed by atoms with van der Waals surface area (Å²) >= 11 is 2.01. The number of hydrogen-bond acceptors (Lipinski definition) is 3. The molecule has 0 radical (unpaired) electrons. The Bertz CT molecular complexity index is 3080. The van der Waals surface area contributed by atoms with Crippen LogP contribution in [0.25, 0.3) is 21.2 Å². The summed E-state index contributed by atoms with van der Waals surface area (Å²) in [5.41, 5.74) is 21.5. The van der Waals surface area contributed by atoms with Gasteiger partial charge in [0.05, 0.1) is 11.4 Å². The lowest BCUT2D eigenvalue weighted by Gasteiger charge is -2.45. The van der Waals surface area contributed by atoms with Crippen LogP contribution < -0.4 is 25.5 Å². The molecule has 2 aliphatic heterocycles. The minimum absolute atomic E-state index is 0.0133. The molecule has 10 rings (SSSR count). The van der Waals surface area contributed by atoms with Gasteiger partial charge in [-0.2, -0.15) is 0 Å². The predicted molar refractivity (Wildman–Crippen MR) is 291 cm³/mol. The smallest absolute Gasteiger partial charge is 0.264 e. The summed E-state index contributed by atoms with van der Waals surface area (Å²) in [4.78, 5) is 5.31. The molecule has 0 fully saturated rings. The normalized spacial score (nSPS) is 16.5. The first-order chi connectivity index (χ1) is 30.7. The molecule has 0 N–H and O–H groups in total. The Morgan fingerprint density at radius 2 is 1.02 bits per heavy atom. The van der Waals surface area contributed by atoms with Gasteiger partial charge in [0.2, 0.25) is 0 Å². The molecule has 338 valence electrons. The first-order valence-corrected chi connectivity index (χ1v) is 25.4. The molecule has 1 aliphatic carbocycles. The van der Waals surface area contributed by atoms with Gasteiger partial charge in [0.25, 0.3) is 6.71 Å². The highest BCUT2D eigenvalue weighted by Crippen LogP contribution is 2.53. The van der Waals surface area contributed by atoms with Crippen LogP contribution in [0.4, 0.5) is 34.1 Å². The second kappa shape index (κ2) is 14.7. The van der Waals surface area contributed by atoms with Crippen LogP contribution in [0.15, 0.2) is 115 Å². The largest absolute Gasteiger partial charge is 0.311 e. The maximum absolute atomic E-state index is 2.68. The van der Waals surface area contributed by atoms with E-state index in [-0.39, 0.29) is 39.2 Å². The maximum atomic E-state index is 2.68. The van der Waals surface area contributed by atoms with E-state index in [0.717, 1.165) is 0 Å². The lowest BCUT2D eigenvalue weighted by molar-refractivity contribution is 0.332. The fourth-order valence-corrected chi connectivity index (χ4v) is 12.5. The average molecular weight is 887 g/mol. The van der Waals surface area contributed by atoms with Crippen molar-refractivity contribution in [2.45, 2.75) is 156 Å². The second-order valence-electron chi connectivity index (χ2n) is 25.4. The Morgan fingerprint density at radius 3 is 1.64 bits per heavy atom. The van der Waals surface area contributed by atoms with Crippen molar-refractivity contribution < 1.29 is 0 Å². The molecule has 1 aromatic heterocycles. The number of hydrogen-bond donors (Lipinski definition) is 0. The highest BCUT2D eigenvalue weighted by molar-refractivity contribution is 7.33. The summed E-state index contributed by atoms with van der Waals surface area (Å²) in [5, 5.41) is 1.35. The van der Waals surface area contributed by atoms with Crippen LogP contribution in [0, 0.1) is 0 Å². The van der Waals surface area contributed by atoms with Gasteiger partial charge < -0.3 is 9.80 Å². The van der Waals surface area contributed by atoms with Crippen LogP contribution in [-0.2, 0) is 32.5 Å². The quantitative estimate of drug-likeness (QED) is 0.163. The third-order valence-corrected chi connectivity index (χ3v) is 16.8. The number of benzene rings is 6. The molecule has 66 heavy (non-hydrogen) atoms. The molecular formula is C62H71BN2S. The van der Waals surface area contributed by atoms with Gasteiger partial charge in [-0.15, -0.1) is 11.3 Å². The van der Waals surface area contributed by atoms with Gasteiger partial charge in [-0.3, -0.25) is 0 Å². The molecule has 0 atom stereocenters.